The van der Waals surface area contributed by atoms with Gasteiger partial charge in [-0.25, -0.2) is 14.8 Å². The number of nitrogens with zero attached hydrogens (tertiary/aromatic N) is 4. The molecule has 12 nitrogen and oxygen atoms in total. The number of benzene rings is 1. The molecule has 0 atom stereocenters. The van der Waals surface area contributed by atoms with Crippen LogP contribution in [0.1, 0.15) is 18.5 Å². The van der Waals surface area contributed by atoms with Gasteiger partial charge in [0.15, 0.2) is 5.82 Å². The molecule has 2 aliphatic heterocycles. The third-order valence-electron chi connectivity index (χ3n) is 5.91. The number of urea groups is 1. The third kappa shape index (κ3) is 4.65. The topological polar surface area (TPSA) is 158 Å². The first-order valence-corrected chi connectivity index (χ1v) is 10.5. The second-order valence-electron chi connectivity index (χ2n) is 7.94. The van der Waals surface area contributed by atoms with Gasteiger partial charge in [0, 0.05) is 25.3 Å². The van der Waals surface area contributed by atoms with Crippen LogP contribution in [0, 0.1) is 0 Å². The number of nitrogens with one attached hydrogen (secondary N) is 3. The molecular formula is C21H26N8O4. The molecule has 1 spiro atoms. The average Bonchev–Trinajstić information content (AvgIpc) is 3.34. The van der Waals surface area contributed by atoms with Crippen molar-refractivity contribution in [2.24, 2.45) is 10.7 Å². The van der Waals surface area contributed by atoms with Gasteiger partial charge < -0.3 is 26.1 Å². The molecular weight excluding hydrogens is 428 g/mol. The fourth-order valence-corrected chi connectivity index (χ4v) is 4.11. The van der Waals surface area contributed by atoms with E-state index < -0.39 is 17.5 Å². The molecule has 0 radical (unpaired) electrons. The smallest absolute Gasteiger partial charge is 0.325 e. The lowest BCUT2D eigenvalue weighted by molar-refractivity contribution is -0.135. The number of carbonyl (C=O) groups excluding carboxylic acids is 3. The summed E-state index contributed by atoms with van der Waals surface area (Å²) < 4.78 is 5.09. The molecule has 3 heterocycles. The summed E-state index contributed by atoms with van der Waals surface area (Å²) >= 11 is 0. The highest BCUT2D eigenvalue weighted by Gasteiger charge is 2.52. The highest BCUT2D eigenvalue weighted by Crippen LogP contribution is 2.30. The Labute approximate surface area is 190 Å². The summed E-state index contributed by atoms with van der Waals surface area (Å²) in [6.07, 6.45) is 3.63. The van der Waals surface area contributed by atoms with Crippen molar-refractivity contribution in [3.63, 3.8) is 0 Å². The Morgan fingerprint density at radius 1 is 1.30 bits per heavy atom. The molecule has 4 rings (SSSR count). The lowest BCUT2D eigenvalue weighted by Gasteiger charge is -2.37. The van der Waals surface area contributed by atoms with Crippen LogP contribution in [0.2, 0.25) is 0 Å². The number of hydrogen-bond acceptors (Lipinski definition) is 7. The largest absolute Gasteiger partial charge is 0.497 e. The number of carbonyl (C=O) groups is 3. The van der Waals surface area contributed by atoms with Crippen LogP contribution in [0.4, 0.5) is 16.3 Å². The first-order valence-electron chi connectivity index (χ1n) is 10.5. The highest BCUT2D eigenvalue weighted by molar-refractivity contribution is 6.10. The number of piperidine rings is 1. The number of aliphatic imine (C=N–C) groups is 1. The van der Waals surface area contributed by atoms with Crippen LogP contribution in [0.3, 0.4) is 0 Å². The second kappa shape index (κ2) is 9.28. The molecule has 2 aliphatic rings. The molecule has 1 aromatic carbocycles. The molecule has 2 fully saturated rings. The van der Waals surface area contributed by atoms with Crippen LogP contribution in [0.15, 0.2) is 35.6 Å². The maximum atomic E-state index is 13.1. The highest BCUT2D eigenvalue weighted by atomic mass is 16.5. The lowest BCUT2D eigenvalue weighted by Crippen LogP contribution is -2.54. The van der Waals surface area contributed by atoms with Crippen LogP contribution in [0.5, 0.6) is 5.75 Å². The molecule has 5 N–H and O–H groups in total. The van der Waals surface area contributed by atoms with E-state index in [0.717, 1.165) is 10.6 Å². The van der Waals surface area contributed by atoms with Crippen LogP contribution < -0.4 is 21.1 Å². The number of H-pyrrole nitrogens is 1. The van der Waals surface area contributed by atoms with Gasteiger partial charge in [0.2, 0.25) is 5.91 Å². The molecule has 2 saturated heterocycles. The zero-order valence-corrected chi connectivity index (χ0v) is 18.2. The number of hydrogen-bond donors (Lipinski definition) is 4. The van der Waals surface area contributed by atoms with Crippen molar-refractivity contribution >= 4 is 35.7 Å². The van der Waals surface area contributed by atoms with Crippen molar-refractivity contribution in [1.82, 2.24) is 25.1 Å². The number of rotatable bonds is 7. The van der Waals surface area contributed by atoms with Crippen molar-refractivity contribution in [2.45, 2.75) is 24.9 Å². The van der Waals surface area contributed by atoms with Gasteiger partial charge in [0.25, 0.3) is 5.91 Å². The van der Waals surface area contributed by atoms with Gasteiger partial charge >= 0.3 is 6.03 Å². The van der Waals surface area contributed by atoms with Crippen LogP contribution >= 0.6 is 0 Å². The number of aromatic amines is 1. The molecule has 0 bridgehead atoms. The van der Waals surface area contributed by atoms with Crippen molar-refractivity contribution in [1.29, 1.82) is 0 Å². The number of methoxy groups -OCH3 is 1. The lowest BCUT2D eigenvalue weighted by atomic mass is 9.87. The monoisotopic (exact) mass is 454 g/mol. The van der Waals surface area contributed by atoms with Crippen molar-refractivity contribution in [3.8, 4) is 5.75 Å². The summed E-state index contributed by atoms with van der Waals surface area (Å²) in [5, 5.41) is 5.51. The van der Waals surface area contributed by atoms with Crippen LogP contribution in [0.25, 0.3) is 0 Å². The number of likely N-dealkylation sites (tertiary alicyclic amines) is 1. The molecule has 0 unspecified atom stereocenters. The van der Waals surface area contributed by atoms with E-state index in [4.69, 9.17) is 10.5 Å². The Morgan fingerprint density at radius 2 is 2.03 bits per heavy atom. The van der Waals surface area contributed by atoms with E-state index in [1.807, 2.05) is 0 Å². The van der Waals surface area contributed by atoms with Gasteiger partial charge in [-0.2, -0.15) is 0 Å². The van der Waals surface area contributed by atoms with Crippen molar-refractivity contribution < 1.29 is 19.1 Å². The fraction of sp³-hybridized carbons (Fsp3) is 0.381. The molecule has 12 heteroatoms. The van der Waals surface area contributed by atoms with E-state index >= 15 is 0 Å². The summed E-state index contributed by atoms with van der Waals surface area (Å²) in [6, 6.07) is 6.24. The number of imide groups is 1. The van der Waals surface area contributed by atoms with Crippen LogP contribution in [-0.2, 0) is 16.1 Å². The number of ether oxygens (including phenoxy) is 1. The average molecular weight is 454 g/mol. The van der Waals surface area contributed by atoms with Crippen molar-refractivity contribution in [3.05, 3.63) is 36.3 Å². The molecule has 2 aromatic rings. The van der Waals surface area contributed by atoms with E-state index in [-0.39, 0.29) is 12.5 Å². The Bertz CT molecular complexity index is 1060. The van der Waals surface area contributed by atoms with Gasteiger partial charge in [-0.1, -0.05) is 0 Å². The van der Waals surface area contributed by atoms with Gasteiger partial charge in [0.05, 0.1) is 25.5 Å². The van der Waals surface area contributed by atoms with E-state index in [2.05, 4.69) is 30.5 Å². The predicted molar refractivity (Wildman–Crippen MR) is 120 cm³/mol. The van der Waals surface area contributed by atoms with Gasteiger partial charge in [-0.15, -0.1) is 0 Å². The quantitative estimate of drug-likeness (QED) is 0.270. The van der Waals surface area contributed by atoms with E-state index in [9.17, 15) is 14.4 Å². The summed E-state index contributed by atoms with van der Waals surface area (Å²) in [5.41, 5.74) is 5.74. The zero-order valence-electron chi connectivity index (χ0n) is 18.2. The first kappa shape index (κ1) is 22.3. The van der Waals surface area contributed by atoms with E-state index in [1.165, 1.54) is 6.34 Å². The molecule has 4 amide bonds. The number of imidazole rings is 1. The maximum Gasteiger partial charge on any atom is 0.325 e. The summed E-state index contributed by atoms with van der Waals surface area (Å²) in [5.74, 6) is 0.362. The number of nitrogens with two attached hydrogens (primary N) is 1. The molecule has 33 heavy (non-hydrogen) atoms. The maximum absolute atomic E-state index is 13.1. The molecule has 1 aromatic heterocycles. The number of aromatic nitrogens is 2. The van der Waals surface area contributed by atoms with Gasteiger partial charge in [0.1, 0.15) is 17.8 Å². The fourth-order valence-electron chi connectivity index (χ4n) is 4.11. The van der Waals surface area contributed by atoms with Crippen LogP contribution in [-0.4, -0.2) is 76.2 Å². The van der Waals surface area contributed by atoms with Gasteiger partial charge in [-0.05, 0) is 37.1 Å². The Balaban J connectivity index is 1.33. The van der Waals surface area contributed by atoms with Gasteiger partial charge in [-0.3, -0.25) is 19.4 Å². The second-order valence-corrected chi connectivity index (χ2v) is 7.94. The van der Waals surface area contributed by atoms with E-state index in [1.54, 1.807) is 37.7 Å². The first-order chi connectivity index (χ1) is 15.9. The summed E-state index contributed by atoms with van der Waals surface area (Å²) in [6.45, 7) is 1.39. The Hall–Kier alpha value is -3.93. The normalized spacial score (nSPS) is 18.2. The standard InChI is InChI=1S/C21H26N8O4/c1-33-15-4-2-14(3-5-15)26-17(30)11-29-19(31)21(27-20(29)32)6-8-28(9-7-21)10-16-18(23-12-22)25-13-24-16/h2-5,12-13H,6-11H2,1H3,(H2,22,23)(H,24,25)(H,26,30)(H,27,32). The summed E-state index contributed by atoms with van der Waals surface area (Å²) in [7, 11) is 1.55. The molecule has 174 valence electrons. The third-order valence-corrected chi connectivity index (χ3v) is 5.91. The minimum Gasteiger partial charge on any atom is -0.497 e. The SMILES string of the molecule is COc1ccc(NC(=O)CN2C(=O)NC3(CCN(Cc4[nH]cnc4/N=C\N)CC3)C2=O)cc1. The minimum atomic E-state index is -0.986. The molecule has 0 saturated carbocycles. The number of anilines is 1. The van der Waals surface area contributed by atoms with Crippen molar-refractivity contribution in [2.75, 3.05) is 32.1 Å². The Kier molecular flexibility index (Phi) is 6.27. The zero-order chi connectivity index (χ0) is 23.4. The number of amides is 4. The predicted octanol–water partition coefficient (Wildman–Crippen LogP) is 0.562. The Morgan fingerprint density at radius 3 is 2.70 bits per heavy atom. The molecule has 0 aliphatic carbocycles. The minimum absolute atomic E-state index is 0.350. The summed E-state index contributed by atoms with van der Waals surface area (Å²) in [4.78, 5) is 52.4. The van der Waals surface area contributed by atoms with E-state index in [0.29, 0.717) is 49.7 Å².